The van der Waals surface area contributed by atoms with Crippen molar-refractivity contribution < 1.29 is 56.9 Å². The van der Waals surface area contributed by atoms with Crippen LogP contribution >= 0.6 is 0 Å². The van der Waals surface area contributed by atoms with Gasteiger partial charge < -0.3 is 46.9 Å². The number of carbonyl (C=O) groups is 6. The van der Waals surface area contributed by atoms with Gasteiger partial charge >= 0.3 is 18.1 Å². The molecule has 0 bridgehead atoms. The van der Waals surface area contributed by atoms with E-state index in [-0.39, 0.29) is 49.8 Å². The standard InChI is InChI=1S/C33H45N7O7.C2HF3O2/c1-47-25-14-8-22(9-15-25)20-26(38-31(44)24-12-10-23(11-13-24)30(35)36)32(45)40-19-18-39(21-29(42)43)33(46)27(40)6-5-17-37-28(41)7-3-2-4-16-34;3-2(4,5)1(6)7/h8-15,26-27H,2-7,16-21,34H2,1H3,(H3,35,36)(H,37,41)(H,38,44)(H,42,43);(H,6,7)/t26-,27-;/m0./s1. The summed E-state index contributed by atoms with van der Waals surface area (Å²) in [5, 5.41) is 29.7. The smallest absolute Gasteiger partial charge is 0.490 e. The molecule has 0 aliphatic carbocycles. The number of carboxylic acid groups (broad SMARTS) is 2. The minimum Gasteiger partial charge on any atom is -0.497 e. The number of aliphatic carboxylic acids is 2. The lowest BCUT2D eigenvalue weighted by Crippen LogP contribution is -2.63. The fourth-order valence-electron chi connectivity index (χ4n) is 5.36. The maximum absolute atomic E-state index is 14.2. The molecule has 1 saturated heterocycles. The second-order valence-electron chi connectivity index (χ2n) is 12.2. The molecule has 1 aliphatic heterocycles. The van der Waals surface area contributed by atoms with Crippen molar-refractivity contribution in [2.75, 3.05) is 39.8 Å². The molecule has 54 heavy (non-hydrogen) atoms. The summed E-state index contributed by atoms with van der Waals surface area (Å²) in [6.07, 6.45) is -1.63. The van der Waals surface area contributed by atoms with Crippen molar-refractivity contribution in [2.24, 2.45) is 11.5 Å². The van der Waals surface area contributed by atoms with Crippen LogP contribution in [-0.2, 0) is 30.4 Å². The van der Waals surface area contributed by atoms with E-state index in [0.717, 1.165) is 24.8 Å². The quantitative estimate of drug-likeness (QED) is 0.0650. The van der Waals surface area contributed by atoms with Gasteiger partial charge in [-0.3, -0.25) is 29.4 Å². The third-order valence-corrected chi connectivity index (χ3v) is 8.18. The summed E-state index contributed by atoms with van der Waals surface area (Å²) >= 11 is 0. The van der Waals surface area contributed by atoms with Gasteiger partial charge in [0.25, 0.3) is 5.91 Å². The second-order valence-corrected chi connectivity index (χ2v) is 12.2. The number of hydrogen-bond acceptors (Lipinski definition) is 9. The van der Waals surface area contributed by atoms with Crippen molar-refractivity contribution in [3.63, 3.8) is 0 Å². The van der Waals surface area contributed by atoms with Crippen LogP contribution in [0.25, 0.3) is 0 Å². The van der Waals surface area contributed by atoms with E-state index in [4.69, 9.17) is 31.5 Å². The molecule has 16 nitrogen and oxygen atoms in total. The van der Waals surface area contributed by atoms with Crippen LogP contribution in [0.3, 0.4) is 0 Å². The molecule has 2 atom stereocenters. The van der Waals surface area contributed by atoms with Gasteiger partial charge in [0, 0.05) is 43.6 Å². The molecule has 1 fully saturated rings. The van der Waals surface area contributed by atoms with Crippen LogP contribution in [0, 0.1) is 5.41 Å². The van der Waals surface area contributed by atoms with Crippen molar-refractivity contribution in [2.45, 2.75) is 63.2 Å². The predicted octanol–water partition coefficient (Wildman–Crippen LogP) is 1.49. The third-order valence-electron chi connectivity index (χ3n) is 8.18. The third kappa shape index (κ3) is 14.7. The van der Waals surface area contributed by atoms with Gasteiger partial charge in [-0.1, -0.05) is 30.7 Å². The number of ether oxygens (including phenoxy) is 1. The summed E-state index contributed by atoms with van der Waals surface area (Å²) in [5.74, 6) is -5.10. The van der Waals surface area contributed by atoms with Crippen molar-refractivity contribution in [3.05, 3.63) is 65.2 Å². The van der Waals surface area contributed by atoms with Crippen LogP contribution in [0.4, 0.5) is 13.2 Å². The molecule has 296 valence electrons. The number of carboxylic acids is 2. The molecule has 19 heteroatoms. The highest BCUT2D eigenvalue weighted by Gasteiger charge is 2.40. The molecule has 1 aliphatic rings. The first kappa shape index (κ1) is 44.4. The highest BCUT2D eigenvalue weighted by Crippen LogP contribution is 2.20. The number of halogens is 3. The van der Waals surface area contributed by atoms with Crippen LogP contribution < -0.4 is 26.8 Å². The molecule has 0 radical (unpaired) electrons. The SMILES string of the molecule is COc1ccc(C[C@H](NC(=O)c2ccc(C(=N)N)cc2)C(=O)N2CCN(CC(=O)O)C(=O)[C@@H]2CCCNC(=O)CCCCCN)cc1.O=C(O)C(F)(F)F. The summed E-state index contributed by atoms with van der Waals surface area (Å²) in [6.45, 7) is 0.437. The summed E-state index contributed by atoms with van der Waals surface area (Å²) in [5.41, 5.74) is 12.5. The van der Waals surface area contributed by atoms with Gasteiger partial charge in [-0.25, -0.2) is 4.79 Å². The minimum atomic E-state index is -5.08. The molecule has 9 N–H and O–H groups in total. The van der Waals surface area contributed by atoms with Gasteiger partial charge in [-0.05, 0) is 62.1 Å². The molecule has 0 aromatic heterocycles. The van der Waals surface area contributed by atoms with Gasteiger partial charge in [0.05, 0.1) is 7.11 Å². The predicted molar refractivity (Wildman–Crippen MR) is 189 cm³/mol. The van der Waals surface area contributed by atoms with E-state index in [1.165, 1.54) is 41.2 Å². The number of piperazine rings is 1. The largest absolute Gasteiger partial charge is 0.497 e. The van der Waals surface area contributed by atoms with Crippen LogP contribution in [0.15, 0.2) is 48.5 Å². The van der Waals surface area contributed by atoms with Gasteiger partial charge in [0.1, 0.15) is 30.2 Å². The fraction of sp³-hybridized carbons (Fsp3) is 0.457. The van der Waals surface area contributed by atoms with Crippen molar-refractivity contribution in [1.29, 1.82) is 5.41 Å². The number of nitrogens with two attached hydrogens (primary N) is 2. The normalized spacial score (nSPS) is 14.6. The zero-order valence-electron chi connectivity index (χ0n) is 29.7. The van der Waals surface area contributed by atoms with Crippen LogP contribution in [-0.4, -0.2) is 120 Å². The molecule has 2 aromatic carbocycles. The Morgan fingerprint density at radius 3 is 2.11 bits per heavy atom. The lowest BCUT2D eigenvalue weighted by Gasteiger charge is -2.41. The summed E-state index contributed by atoms with van der Waals surface area (Å²) in [7, 11) is 1.54. The minimum absolute atomic E-state index is 0.0165. The zero-order chi connectivity index (χ0) is 40.4. The van der Waals surface area contributed by atoms with E-state index in [9.17, 15) is 42.3 Å². The highest BCUT2D eigenvalue weighted by atomic mass is 19.4. The zero-order valence-corrected chi connectivity index (χ0v) is 29.7. The number of methoxy groups -OCH3 is 1. The Bertz CT molecular complexity index is 1610. The van der Waals surface area contributed by atoms with Crippen LogP contribution in [0.5, 0.6) is 5.75 Å². The number of benzene rings is 2. The Morgan fingerprint density at radius 2 is 1.57 bits per heavy atom. The Labute approximate surface area is 309 Å². The van der Waals surface area contributed by atoms with Gasteiger partial charge in [-0.15, -0.1) is 0 Å². The van der Waals surface area contributed by atoms with E-state index < -0.39 is 54.5 Å². The average molecular weight is 766 g/mol. The van der Waals surface area contributed by atoms with E-state index >= 15 is 0 Å². The van der Waals surface area contributed by atoms with E-state index in [2.05, 4.69) is 10.6 Å². The number of unbranched alkanes of at least 4 members (excludes halogenated alkanes) is 2. The van der Waals surface area contributed by atoms with Crippen LogP contribution in [0.1, 0.15) is 60.0 Å². The number of carbonyl (C=O) groups excluding carboxylic acids is 4. The number of nitrogen functional groups attached to an aromatic ring is 1. The Hall–Kier alpha value is -5.72. The summed E-state index contributed by atoms with van der Waals surface area (Å²) < 4.78 is 37.0. The van der Waals surface area contributed by atoms with Crippen molar-refractivity contribution >= 4 is 41.4 Å². The topological polar surface area (TPSA) is 259 Å². The van der Waals surface area contributed by atoms with Crippen LogP contribution in [0.2, 0.25) is 0 Å². The number of nitrogens with zero attached hydrogens (tertiary/aromatic N) is 2. The molecular formula is C35H46F3N7O9. The highest BCUT2D eigenvalue weighted by molar-refractivity contribution is 6.00. The fourth-order valence-corrected chi connectivity index (χ4v) is 5.36. The lowest BCUT2D eigenvalue weighted by molar-refractivity contribution is -0.192. The molecule has 0 unspecified atom stereocenters. The van der Waals surface area contributed by atoms with Crippen molar-refractivity contribution in [3.8, 4) is 5.75 Å². The number of nitrogens with one attached hydrogen (secondary N) is 3. The van der Waals surface area contributed by atoms with Gasteiger partial charge in [-0.2, -0.15) is 13.2 Å². The first-order valence-electron chi connectivity index (χ1n) is 16.9. The molecule has 1 heterocycles. The number of rotatable bonds is 18. The van der Waals surface area contributed by atoms with E-state index in [1.54, 1.807) is 24.3 Å². The number of amides is 4. The molecule has 2 aromatic rings. The molecule has 3 rings (SSSR count). The van der Waals surface area contributed by atoms with E-state index in [0.29, 0.717) is 30.7 Å². The Kier molecular flexibility index (Phi) is 17.9. The van der Waals surface area contributed by atoms with Gasteiger partial charge in [0.2, 0.25) is 17.7 Å². The maximum atomic E-state index is 14.2. The Morgan fingerprint density at radius 1 is 0.963 bits per heavy atom. The molecular weight excluding hydrogens is 719 g/mol. The van der Waals surface area contributed by atoms with Crippen molar-refractivity contribution in [1.82, 2.24) is 20.4 Å². The first-order chi connectivity index (χ1) is 25.5. The molecule has 0 saturated carbocycles. The number of amidine groups is 1. The van der Waals surface area contributed by atoms with Gasteiger partial charge in [0.15, 0.2) is 0 Å². The lowest BCUT2D eigenvalue weighted by atomic mass is 9.99. The number of alkyl halides is 3. The summed E-state index contributed by atoms with van der Waals surface area (Å²) in [6, 6.07) is 11.1. The Balaban J connectivity index is 0.00000131. The molecule has 0 spiro atoms. The van der Waals surface area contributed by atoms with E-state index in [1.807, 2.05) is 0 Å². The maximum Gasteiger partial charge on any atom is 0.490 e. The second kappa shape index (κ2) is 21.7. The molecule has 4 amide bonds. The summed E-state index contributed by atoms with van der Waals surface area (Å²) in [4.78, 5) is 76.3. The number of hydrogen-bond donors (Lipinski definition) is 7. The first-order valence-corrected chi connectivity index (χ1v) is 16.9. The average Bonchev–Trinajstić information content (AvgIpc) is 3.12. The monoisotopic (exact) mass is 765 g/mol.